The van der Waals surface area contributed by atoms with Crippen LogP contribution in [0.25, 0.3) is 0 Å². The summed E-state index contributed by atoms with van der Waals surface area (Å²) in [6, 6.07) is 8.61. The van der Waals surface area contributed by atoms with Crippen LogP contribution < -0.4 is 5.32 Å². The van der Waals surface area contributed by atoms with E-state index in [-0.39, 0.29) is 0 Å². The molecule has 1 unspecified atom stereocenters. The lowest BCUT2D eigenvalue weighted by molar-refractivity contribution is 0.483. The van der Waals surface area contributed by atoms with Crippen molar-refractivity contribution in [3.05, 3.63) is 34.9 Å². The van der Waals surface area contributed by atoms with Crippen LogP contribution in [0.15, 0.2) is 24.3 Å². The van der Waals surface area contributed by atoms with Crippen molar-refractivity contribution in [1.29, 1.82) is 0 Å². The molecule has 0 fully saturated rings. The molecule has 2 heteroatoms. The molecule has 1 atom stereocenters. The molecule has 0 radical (unpaired) electrons. The van der Waals surface area contributed by atoms with Crippen LogP contribution >= 0.6 is 11.6 Å². The Kier molecular flexibility index (Phi) is 7.57. The van der Waals surface area contributed by atoms with Gasteiger partial charge in [-0.2, -0.15) is 0 Å². The van der Waals surface area contributed by atoms with Crippen LogP contribution in [0.4, 0.5) is 0 Å². The number of halogens is 1. The van der Waals surface area contributed by atoms with Gasteiger partial charge in [-0.05, 0) is 50.4 Å². The molecule has 1 N–H and O–H groups in total. The van der Waals surface area contributed by atoms with E-state index in [1.807, 2.05) is 25.1 Å². The fourth-order valence-electron chi connectivity index (χ4n) is 1.94. The number of benzene rings is 1. The maximum Gasteiger partial charge on any atom is 0.0408 e. The Balaban J connectivity index is 2.55. The molecule has 0 heterocycles. The van der Waals surface area contributed by atoms with Gasteiger partial charge >= 0.3 is 0 Å². The molecule has 1 aromatic rings. The number of rotatable bonds is 7. The Morgan fingerprint density at radius 3 is 2.89 bits per heavy atom. The second-order valence-corrected chi connectivity index (χ2v) is 4.89. The van der Waals surface area contributed by atoms with Crippen LogP contribution in [0, 0.1) is 11.8 Å². The zero-order chi connectivity index (χ0) is 13.2. The van der Waals surface area contributed by atoms with E-state index in [9.17, 15) is 0 Å². The lowest BCUT2D eigenvalue weighted by Crippen LogP contribution is -2.31. The molecule has 0 saturated carbocycles. The summed E-state index contributed by atoms with van der Waals surface area (Å²) in [7, 11) is 0. The summed E-state index contributed by atoms with van der Waals surface area (Å²) in [6.45, 7) is 5.14. The van der Waals surface area contributed by atoms with E-state index >= 15 is 0 Å². The lowest BCUT2D eigenvalue weighted by atomic mass is 10.0. The standard InChI is InChI=1S/C16H22ClN/c1-3-5-6-10-16(18-11-4-2)13-14-8-7-9-15(17)12-14/h7-9,12,16,18H,4,6,10-11,13H2,1-2H3. The molecule has 0 aliphatic heterocycles. The Bertz CT molecular complexity index is 403. The van der Waals surface area contributed by atoms with E-state index in [4.69, 9.17) is 11.6 Å². The van der Waals surface area contributed by atoms with E-state index in [1.54, 1.807) is 0 Å². The summed E-state index contributed by atoms with van der Waals surface area (Å²) in [5, 5.41) is 4.40. The van der Waals surface area contributed by atoms with Gasteiger partial charge in [-0.3, -0.25) is 0 Å². The molecule has 0 aliphatic carbocycles. The molecule has 1 rings (SSSR count). The van der Waals surface area contributed by atoms with Crippen molar-refractivity contribution in [1.82, 2.24) is 5.32 Å². The van der Waals surface area contributed by atoms with E-state index in [2.05, 4.69) is 30.1 Å². The SMILES string of the molecule is CC#CCCC(Cc1cccc(Cl)c1)NCCC. The van der Waals surface area contributed by atoms with Crippen LogP contribution in [-0.4, -0.2) is 12.6 Å². The molecule has 0 aromatic heterocycles. The molecule has 0 bridgehead atoms. The van der Waals surface area contributed by atoms with Gasteiger partial charge in [-0.15, -0.1) is 11.8 Å². The largest absolute Gasteiger partial charge is 0.314 e. The van der Waals surface area contributed by atoms with Gasteiger partial charge in [0, 0.05) is 17.5 Å². The Labute approximate surface area is 116 Å². The zero-order valence-corrected chi connectivity index (χ0v) is 12.1. The van der Waals surface area contributed by atoms with Gasteiger partial charge in [0.05, 0.1) is 0 Å². The van der Waals surface area contributed by atoms with Crippen LogP contribution in [-0.2, 0) is 6.42 Å². The predicted molar refractivity (Wildman–Crippen MR) is 79.9 cm³/mol. The predicted octanol–water partition coefficient (Wildman–Crippen LogP) is 4.05. The second kappa shape index (κ2) is 9.03. The van der Waals surface area contributed by atoms with Crippen LogP contribution in [0.5, 0.6) is 0 Å². The molecule has 0 aliphatic rings. The van der Waals surface area contributed by atoms with Crippen molar-refractivity contribution in [2.45, 2.75) is 45.6 Å². The van der Waals surface area contributed by atoms with Crippen LogP contribution in [0.1, 0.15) is 38.7 Å². The van der Waals surface area contributed by atoms with Gasteiger partial charge in [-0.25, -0.2) is 0 Å². The first kappa shape index (κ1) is 15.1. The molecule has 98 valence electrons. The highest BCUT2D eigenvalue weighted by Crippen LogP contribution is 2.13. The van der Waals surface area contributed by atoms with Crippen molar-refractivity contribution in [2.24, 2.45) is 0 Å². The topological polar surface area (TPSA) is 12.0 Å². The van der Waals surface area contributed by atoms with E-state index in [0.717, 1.165) is 37.3 Å². The van der Waals surface area contributed by atoms with Gasteiger partial charge in [0.1, 0.15) is 0 Å². The molecular formula is C16H22ClN. The van der Waals surface area contributed by atoms with Crippen molar-refractivity contribution in [3.63, 3.8) is 0 Å². The maximum atomic E-state index is 6.02. The Hall–Kier alpha value is -0.970. The minimum absolute atomic E-state index is 0.490. The van der Waals surface area contributed by atoms with E-state index in [1.165, 1.54) is 5.56 Å². The van der Waals surface area contributed by atoms with Crippen molar-refractivity contribution >= 4 is 11.6 Å². The van der Waals surface area contributed by atoms with Gasteiger partial charge in [-0.1, -0.05) is 30.7 Å². The summed E-state index contributed by atoms with van der Waals surface area (Å²) in [5.74, 6) is 6.09. The van der Waals surface area contributed by atoms with Crippen LogP contribution in [0.2, 0.25) is 5.02 Å². The van der Waals surface area contributed by atoms with E-state index < -0.39 is 0 Å². The number of hydrogen-bond donors (Lipinski definition) is 1. The highest BCUT2D eigenvalue weighted by molar-refractivity contribution is 6.30. The van der Waals surface area contributed by atoms with Gasteiger partial charge < -0.3 is 5.32 Å². The normalized spacial score (nSPS) is 11.7. The molecule has 0 amide bonds. The van der Waals surface area contributed by atoms with Gasteiger partial charge in [0.2, 0.25) is 0 Å². The third kappa shape index (κ3) is 6.10. The smallest absolute Gasteiger partial charge is 0.0408 e. The highest BCUT2D eigenvalue weighted by Gasteiger charge is 2.08. The molecule has 0 saturated heterocycles. The monoisotopic (exact) mass is 263 g/mol. The Morgan fingerprint density at radius 1 is 1.39 bits per heavy atom. The summed E-state index contributed by atoms with van der Waals surface area (Å²) in [5.41, 5.74) is 1.29. The second-order valence-electron chi connectivity index (χ2n) is 4.45. The fourth-order valence-corrected chi connectivity index (χ4v) is 2.16. The third-order valence-electron chi connectivity index (χ3n) is 2.85. The minimum Gasteiger partial charge on any atom is -0.314 e. The van der Waals surface area contributed by atoms with Crippen molar-refractivity contribution < 1.29 is 0 Å². The minimum atomic E-state index is 0.490. The fraction of sp³-hybridized carbons (Fsp3) is 0.500. The first-order valence-electron chi connectivity index (χ1n) is 6.63. The molecule has 18 heavy (non-hydrogen) atoms. The van der Waals surface area contributed by atoms with Gasteiger partial charge in [0.25, 0.3) is 0 Å². The summed E-state index contributed by atoms with van der Waals surface area (Å²) < 4.78 is 0. The summed E-state index contributed by atoms with van der Waals surface area (Å²) in [6.07, 6.45) is 4.23. The average Bonchev–Trinajstić information content (AvgIpc) is 2.36. The van der Waals surface area contributed by atoms with Crippen molar-refractivity contribution in [3.8, 4) is 11.8 Å². The molecule has 0 spiro atoms. The quantitative estimate of drug-likeness (QED) is 0.732. The highest BCUT2D eigenvalue weighted by atomic mass is 35.5. The Morgan fingerprint density at radius 2 is 2.22 bits per heavy atom. The maximum absolute atomic E-state index is 6.02. The first-order chi connectivity index (χ1) is 8.76. The number of nitrogens with one attached hydrogen (secondary N) is 1. The molecule has 1 aromatic carbocycles. The lowest BCUT2D eigenvalue weighted by Gasteiger charge is -2.17. The van der Waals surface area contributed by atoms with Gasteiger partial charge in [0.15, 0.2) is 0 Å². The number of hydrogen-bond acceptors (Lipinski definition) is 1. The summed E-state index contributed by atoms with van der Waals surface area (Å²) in [4.78, 5) is 0. The van der Waals surface area contributed by atoms with Crippen LogP contribution in [0.3, 0.4) is 0 Å². The van der Waals surface area contributed by atoms with Crippen molar-refractivity contribution in [2.75, 3.05) is 6.54 Å². The average molecular weight is 264 g/mol. The van der Waals surface area contributed by atoms with E-state index in [0.29, 0.717) is 6.04 Å². The summed E-state index contributed by atoms with van der Waals surface area (Å²) >= 11 is 6.02. The zero-order valence-electron chi connectivity index (χ0n) is 11.3. The molecule has 1 nitrogen and oxygen atoms in total. The third-order valence-corrected chi connectivity index (χ3v) is 3.08. The first-order valence-corrected chi connectivity index (χ1v) is 7.01. The molecular weight excluding hydrogens is 242 g/mol.